The molecule has 0 saturated carbocycles. The summed E-state index contributed by atoms with van der Waals surface area (Å²) >= 11 is 0. The number of hydrogen-bond donors (Lipinski definition) is 0. The molecule has 75 heavy (non-hydrogen) atoms. The van der Waals surface area contributed by atoms with Crippen molar-refractivity contribution in [2.45, 2.75) is 128 Å². The molecule has 2 aliphatic rings. The normalized spacial score (nSPS) is 16.2. The first-order valence-electron chi connectivity index (χ1n) is 27.2. The first-order chi connectivity index (χ1) is 35.4. The first-order valence-corrected chi connectivity index (χ1v) is 27.2. The van der Waals surface area contributed by atoms with Crippen LogP contribution in [0.25, 0.3) is 33.5 Å². The molecule has 0 saturated heterocycles. The molecule has 0 radical (unpaired) electrons. The van der Waals surface area contributed by atoms with Gasteiger partial charge in [-0.05, 0) is 208 Å². The molecule has 2 heteroatoms. The highest BCUT2D eigenvalue weighted by Gasteiger charge is 2.38. The standard InChI is InChI=1S/C73H80N2/c1-46(2)67(41-49(5)52(8)58-26-20-18-24-47(58)3)74(56-35-30-53(31-36-56)71(9,10)11)70-44-65-60-28-22-23-29-61(60)69(45-66(65)64-43-55(73(15,16)17)34-39-62(64)70)75(57-37-32-54(33-38-57)72(12,13)14)68-42-50(6)63(40-51(68)7)59-27-21-19-25-48(59)4/h18-45,62,64H,1H2,2-17H3/b52-49+,67-41+. The summed E-state index contributed by atoms with van der Waals surface area (Å²) in [4.78, 5) is 5.09. The molecule has 0 aliphatic heterocycles. The van der Waals surface area contributed by atoms with Crippen molar-refractivity contribution < 1.29 is 0 Å². The second-order valence-corrected chi connectivity index (χ2v) is 24.8. The fourth-order valence-corrected chi connectivity index (χ4v) is 11.4. The molecule has 0 N–H and O–H groups in total. The molecule has 0 fully saturated rings. The lowest BCUT2D eigenvalue weighted by molar-refractivity contribution is 0.500. The van der Waals surface area contributed by atoms with E-state index in [0.717, 1.165) is 22.6 Å². The Kier molecular flexibility index (Phi) is 14.2. The monoisotopic (exact) mass is 985 g/mol. The molecule has 0 amide bonds. The number of hydrogen-bond acceptors (Lipinski definition) is 2. The van der Waals surface area contributed by atoms with Crippen LogP contribution in [0, 0.1) is 39.0 Å². The van der Waals surface area contributed by atoms with Crippen LogP contribution in [0.2, 0.25) is 0 Å². The number of nitrogens with zero attached hydrogens (tertiary/aromatic N) is 2. The van der Waals surface area contributed by atoms with Gasteiger partial charge in [-0.25, -0.2) is 0 Å². The Morgan fingerprint density at radius 1 is 0.533 bits per heavy atom. The van der Waals surface area contributed by atoms with E-state index in [1.54, 1.807) is 0 Å². The predicted molar refractivity (Wildman–Crippen MR) is 328 cm³/mol. The van der Waals surface area contributed by atoms with Gasteiger partial charge in [0.15, 0.2) is 0 Å². The van der Waals surface area contributed by atoms with Gasteiger partial charge in [-0.2, -0.15) is 0 Å². The largest absolute Gasteiger partial charge is 0.313 e. The van der Waals surface area contributed by atoms with E-state index in [2.05, 4.69) is 290 Å². The van der Waals surface area contributed by atoms with Gasteiger partial charge in [0.1, 0.15) is 0 Å². The third-order valence-electron chi connectivity index (χ3n) is 16.1. The van der Waals surface area contributed by atoms with Crippen molar-refractivity contribution in [1.29, 1.82) is 0 Å². The smallest absolute Gasteiger partial charge is 0.0543 e. The summed E-state index contributed by atoms with van der Waals surface area (Å²) in [5.74, 6) is 0.0494. The maximum atomic E-state index is 4.75. The lowest BCUT2D eigenvalue weighted by atomic mass is 9.69. The zero-order valence-electron chi connectivity index (χ0n) is 47.9. The fourth-order valence-electron chi connectivity index (χ4n) is 11.4. The summed E-state index contributed by atoms with van der Waals surface area (Å²) in [6.45, 7) is 41.3. The van der Waals surface area contributed by atoms with Crippen molar-refractivity contribution in [3.05, 3.63) is 249 Å². The van der Waals surface area contributed by atoms with Crippen LogP contribution < -0.4 is 9.80 Å². The second kappa shape index (κ2) is 20.2. The van der Waals surface area contributed by atoms with E-state index < -0.39 is 0 Å². The van der Waals surface area contributed by atoms with Crippen LogP contribution in [0.3, 0.4) is 0 Å². The Bertz CT molecular complexity index is 3500. The number of fused-ring (bicyclic) bond motifs is 5. The van der Waals surface area contributed by atoms with E-state index in [9.17, 15) is 0 Å². The maximum Gasteiger partial charge on any atom is 0.0543 e. The SMILES string of the molecule is C=C(C)/C(=C\C(C)=C(/C)c1ccccc1C)N(C1=Cc2c(cc(N(c3ccc(C(C)(C)C)cc3)c3cc(C)c(-c4ccccc4C)cc3C)c3ccccc23)C2C=C(C(C)(C)C)C=CC12)c1ccc(C(C)(C)C)cc1. The Labute approximate surface area is 451 Å². The molecular formula is C73H80N2. The van der Waals surface area contributed by atoms with Crippen LogP contribution in [-0.2, 0) is 10.8 Å². The fraction of sp³-hybridized carbons (Fsp3) is 0.288. The van der Waals surface area contributed by atoms with Crippen molar-refractivity contribution in [1.82, 2.24) is 0 Å². The van der Waals surface area contributed by atoms with Crippen molar-refractivity contribution in [3.63, 3.8) is 0 Å². The van der Waals surface area contributed by atoms with Gasteiger partial charge in [-0.1, -0.05) is 184 Å². The van der Waals surface area contributed by atoms with E-state index in [0.29, 0.717) is 0 Å². The van der Waals surface area contributed by atoms with Crippen LogP contribution in [-0.4, -0.2) is 0 Å². The highest BCUT2D eigenvalue weighted by molar-refractivity contribution is 6.05. The van der Waals surface area contributed by atoms with Crippen molar-refractivity contribution in [2.24, 2.45) is 11.3 Å². The van der Waals surface area contributed by atoms with E-state index in [4.69, 9.17) is 6.58 Å². The second-order valence-electron chi connectivity index (χ2n) is 24.8. The molecule has 7 aromatic carbocycles. The van der Waals surface area contributed by atoms with Gasteiger partial charge in [0, 0.05) is 45.7 Å². The molecule has 2 unspecified atom stereocenters. The minimum absolute atomic E-state index is 0.00805. The maximum absolute atomic E-state index is 4.75. The van der Waals surface area contributed by atoms with Crippen molar-refractivity contribution in [2.75, 3.05) is 9.80 Å². The Hall–Kier alpha value is -7.16. The van der Waals surface area contributed by atoms with Crippen LogP contribution in [0.15, 0.2) is 199 Å². The van der Waals surface area contributed by atoms with Gasteiger partial charge in [-0.15, -0.1) is 0 Å². The van der Waals surface area contributed by atoms with Crippen molar-refractivity contribution >= 4 is 45.2 Å². The number of benzene rings is 7. The Balaban J connectivity index is 1.35. The van der Waals surface area contributed by atoms with E-state index in [-0.39, 0.29) is 28.1 Å². The van der Waals surface area contributed by atoms with Gasteiger partial charge in [0.25, 0.3) is 0 Å². The summed E-state index contributed by atoms with van der Waals surface area (Å²) in [6.07, 6.45) is 12.4. The average Bonchev–Trinajstić information content (AvgIpc) is 3.36. The topological polar surface area (TPSA) is 6.48 Å². The third-order valence-corrected chi connectivity index (χ3v) is 16.1. The molecule has 7 aromatic rings. The zero-order chi connectivity index (χ0) is 53.9. The minimum atomic E-state index is -0.0583. The molecular weight excluding hydrogens is 905 g/mol. The number of aryl methyl sites for hydroxylation is 4. The molecule has 0 spiro atoms. The third kappa shape index (κ3) is 10.3. The minimum Gasteiger partial charge on any atom is -0.313 e. The van der Waals surface area contributed by atoms with E-state index in [1.807, 2.05) is 0 Å². The highest BCUT2D eigenvalue weighted by atomic mass is 15.2. The highest BCUT2D eigenvalue weighted by Crippen LogP contribution is 2.53. The van der Waals surface area contributed by atoms with Crippen LogP contribution >= 0.6 is 0 Å². The molecule has 2 aliphatic carbocycles. The number of rotatable bonds is 10. The Morgan fingerprint density at radius 2 is 1.11 bits per heavy atom. The summed E-state index contributed by atoms with van der Waals surface area (Å²) < 4.78 is 0. The van der Waals surface area contributed by atoms with Crippen LogP contribution in [0.5, 0.6) is 0 Å². The molecule has 382 valence electrons. The molecule has 2 nitrogen and oxygen atoms in total. The quantitative estimate of drug-likeness (QED) is 0.126. The van der Waals surface area contributed by atoms with Gasteiger partial charge in [-0.3, -0.25) is 0 Å². The lowest BCUT2D eigenvalue weighted by Crippen LogP contribution is -2.33. The van der Waals surface area contributed by atoms with E-state index in [1.165, 1.54) is 106 Å². The first kappa shape index (κ1) is 52.7. The zero-order valence-corrected chi connectivity index (χ0v) is 47.9. The summed E-state index contributed by atoms with van der Waals surface area (Å²) in [5, 5.41) is 2.44. The van der Waals surface area contributed by atoms with Gasteiger partial charge in [0.05, 0.1) is 5.69 Å². The summed E-state index contributed by atoms with van der Waals surface area (Å²) in [5.41, 5.74) is 25.8. The summed E-state index contributed by atoms with van der Waals surface area (Å²) in [6, 6.07) is 52.7. The molecule has 9 rings (SSSR count). The van der Waals surface area contributed by atoms with Crippen LogP contribution in [0.4, 0.5) is 22.7 Å². The predicted octanol–water partition coefficient (Wildman–Crippen LogP) is 20.9. The molecule has 0 bridgehead atoms. The van der Waals surface area contributed by atoms with Crippen molar-refractivity contribution in [3.8, 4) is 11.1 Å². The summed E-state index contributed by atoms with van der Waals surface area (Å²) in [7, 11) is 0. The average molecular weight is 985 g/mol. The number of anilines is 4. The Morgan fingerprint density at radius 3 is 1.69 bits per heavy atom. The van der Waals surface area contributed by atoms with Gasteiger partial charge >= 0.3 is 0 Å². The molecule has 2 atom stereocenters. The van der Waals surface area contributed by atoms with Gasteiger partial charge in [0.2, 0.25) is 0 Å². The van der Waals surface area contributed by atoms with Crippen LogP contribution in [0.1, 0.15) is 139 Å². The molecule has 0 heterocycles. The number of allylic oxidation sites excluding steroid dienone is 8. The van der Waals surface area contributed by atoms with E-state index >= 15 is 0 Å². The van der Waals surface area contributed by atoms with Gasteiger partial charge < -0.3 is 9.80 Å². The lowest BCUT2D eigenvalue weighted by Gasteiger charge is -2.42. The molecule has 0 aromatic heterocycles.